The van der Waals surface area contributed by atoms with Gasteiger partial charge in [0, 0.05) is 36.3 Å². The van der Waals surface area contributed by atoms with Crippen molar-refractivity contribution in [3.05, 3.63) is 102 Å². The molecule has 4 aromatic rings. The normalized spacial score (nSPS) is 18.1. The Morgan fingerprint density at radius 3 is 2.19 bits per heavy atom. The minimum Gasteiger partial charge on any atom is -0.347 e. The summed E-state index contributed by atoms with van der Waals surface area (Å²) in [5.74, 6) is -1.49. The van der Waals surface area contributed by atoms with Gasteiger partial charge in [-0.2, -0.15) is 0 Å². The summed E-state index contributed by atoms with van der Waals surface area (Å²) >= 11 is 0. The molecule has 1 aliphatic heterocycles. The summed E-state index contributed by atoms with van der Waals surface area (Å²) < 4.78 is 28.7. The van der Waals surface area contributed by atoms with Gasteiger partial charge in [0.15, 0.2) is 5.79 Å². The van der Waals surface area contributed by atoms with E-state index in [2.05, 4.69) is 23.7 Å². The lowest BCUT2D eigenvalue weighted by molar-refractivity contribution is -0.300. The molecule has 1 aromatic heterocycles. The van der Waals surface area contributed by atoms with Crippen LogP contribution in [0, 0.1) is 5.82 Å². The second kappa shape index (κ2) is 12.4. The van der Waals surface area contributed by atoms with Crippen molar-refractivity contribution >= 4 is 17.9 Å². The van der Waals surface area contributed by atoms with Gasteiger partial charge >= 0.3 is 0 Å². The molecule has 1 amide bonds. The van der Waals surface area contributed by atoms with Crippen LogP contribution in [0.5, 0.6) is 0 Å². The number of hydrogen-bond acceptors (Lipinski definition) is 4. The van der Waals surface area contributed by atoms with Gasteiger partial charge < -0.3 is 24.2 Å². The number of amides is 1. The average molecular weight is 569 g/mol. The maximum atomic E-state index is 14.2. The molecule has 0 aliphatic carbocycles. The standard InChI is InChI=1S/C35H37FN2O4/c1-23(2)32-31(34(40)37-27-13-9-6-10-14-27)30(24-11-7-5-8-12-24)33(25-15-17-26(36)18-16-25)38(32)22-29-21-28(19-20-39)41-35(3,4)42-29/h5-18,20,23,28-29H,19,21-22H2,1-4H3,(H,37,40)/t28-,29-/m0/s1. The van der Waals surface area contributed by atoms with Gasteiger partial charge in [0.25, 0.3) is 5.91 Å². The summed E-state index contributed by atoms with van der Waals surface area (Å²) in [7, 11) is 0. The van der Waals surface area contributed by atoms with Crippen LogP contribution in [0.4, 0.5) is 10.1 Å². The summed E-state index contributed by atoms with van der Waals surface area (Å²) in [5.41, 5.74) is 5.35. The second-order valence-electron chi connectivity index (χ2n) is 11.5. The molecule has 1 aliphatic rings. The lowest BCUT2D eigenvalue weighted by Gasteiger charge is -2.41. The topological polar surface area (TPSA) is 69.6 Å². The highest BCUT2D eigenvalue weighted by molar-refractivity contribution is 6.12. The first kappa shape index (κ1) is 29.4. The molecule has 218 valence electrons. The molecule has 1 N–H and O–H groups in total. The number of anilines is 1. The third-order valence-electron chi connectivity index (χ3n) is 7.46. The van der Waals surface area contributed by atoms with E-state index in [1.165, 1.54) is 12.1 Å². The molecule has 1 fully saturated rings. The zero-order chi connectivity index (χ0) is 29.9. The van der Waals surface area contributed by atoms with Crippen LogP contribution in [0.2, 0.25) is 0 Å². The van der Waals surface area contributed by atoms with Crippen LogP contribution >= 0.6 is 0 Å². The molecular formula is C35H37FN2O4. The molecule has 0 unspecified atom stereocenters. The van der Waals surface area contributed by atoms with Crippen LogP contribution in [0.25, 0.3) is 22.4 Å². The first-order valence-corrected chi connectivity index (χ1v) is 14.4. The van der Waals surface area contributed by atoms with Gasteiger partial charge in [0.1, 0.15) is 12.1 Å². The largest absolute Gasteiger partial charge is 0.347 e. The molecule has 0 spiro atoms. The maximum Gasteiger partial charge on any atom is 0.258 e. The zero-order valence-electron chi connectivity index (χ0n) is 24.5. The number of carbonyl (C=O) groups is 2. The van der Waals surface area contributed by atoms with Crippen LogP contribution < -0.4 is 5.32 Å². The van der Waals surface area contributed by atoms with E-state index in [1.807, 2.05) is 74.5 Å². The van der Waals surface area contributed by atoms with E-state index in [-0.39, 0.29) is 36.3 Å². The molecule has 2 heterocycles. The highest BCUT2D eigenvalue weighted by Crippen LogP contribution is 2.43. The van der Waals surface area contributed by atoms with E-state index in [4.69, 9.17) is 9.47 Å². The molecule has 6 nitrogen and oxygen atoms in total. The van der Waals surface area contributed by atoms with Gasteiger partial charge in [-0.3, -0.25) is 4.79 Å². The number of aldehydes is 1. The maximum absolute atomic E-state index is 14.2. The van der Waals surface area contributed by atoms with E-state index >= 15 is 0 Å². The van der Waals surface area contributed by atoms with Crippen molar-refractivity contribution in [2.24, 2.45) is 0 Å². The lowest BCUT2D eigenvalue weighted by Crippen LogP contribution is -2.46. The number of nitrogens with zero attached hydrogens (tertiary/aromatic N) is 1. The number of rotatable bonds is 9. The van der Waals surface area contributed by atoms with Crippen LogP contribution in [-0.4, -0.2) is 34.8 Å². The van der Waals surface area contributed by atoms with Gasteiger partial charge in [0.2, 0.25) is 0 Å². The Balaban J connectivity index is 1.75. The van der Waals surface area contributed by atoms with Crippen molar-refractivity contribution in [3.8, 4) is 22.4 Å². The fourth-order valence-electron chi connectivity index (χ4n) is 5.95. The first-order chi connectivity index (χ1) is 20.2. The minimum absolute atomic E-state index is 0.0446. The molecule has 42 heavy (non-hydrogen) atoms. The number of hydrogen-bond donors (Lipinski definition) is 1. The first-order valence-electron chi connectivity index (χ1n) is 14.4. The highest BCUT2D eigenvalue weighted by Gasteiger charge is 2.38. The Morgan fingerprint density at radius 2 is 1.57 bits per heavy atom. The van der Waals surface area contributed by atoms with E-state index in [9.17, 15) is 14.0 Å². The van der Waals surface area contributed by atoms with Crippen LogP contribution in [0.3, 0.4) is 0 Å². The van der Waals surface area contributed by atoms with Gasteiger partial charge in [-0.1, -0.05) is 62.4 Å². The van der Waals surface area contributed by atoms with Crippen LogP contribution in [0.1, 0.15) is 62.5 Å². The van der Waals surface area contributed by atoms with Crippen molar-refractivity contribution < 1.29 is 23.5 Å². The summed E-state index contributed by atoms with van der Waals surface area (Å²) in [6.45, 7) is 8.26. The number of benzene rings is 3. The van der Waals surface area contributed by atoms with Crippen molar-refractivity contribution in [2.75, 3.05) is 5.32 Å². The van der Waals surface area contributed by atoms with Crippen LogP contribution in [0.15, 0.2) is 84.9 Å². The summed E-state index contributed by atoms with van der Waals surface area (Å²) in [5, 5.41) is 3.10. The smallest absolute Gasteiger partial charge is 0.258 e. The number of nitrogens with one attached hydrogen (secondary N) is 1. The van der Waals surface area contributed by atoms with E-state index in [1.54, 1.807) is 12.1 Å². The van der Waals surface area contributed by atoms with E-state index in [0.717, 1.165) is 34.4 Å². The second-order valence-corrected chi connectivity index (χ2v) is 11.5. The predicted octanol–water partition coefficient (Wildman–Crippen LogP) is 7.84. The third kappa shape index (κ3) is 6.37. The number of para-hydroxylation sites is 1. The minimum atomic E-state index is -0.881. The third-order valence-corrected chi connectivity index (χ3v) is 7.46. The van der Waals surface area contributed by atoms with Gasteiger partial charge in [-0.25, -0.2) is 4.39 Å². The van der Waals surface area contributed by atoms with E-state index in [0.29, 0.717) is 24.2 Å². The van der Waals surface area contributed by atoms with Gasteiger partial charge in [-0.15, -0.1) is 0 Å². The summed E-state index contributed by atoms with van der Waals surface area (Å²) in [6.07, 6.45) is 1.10. The molecule has 2 atom stereocenters. The quantitative estimate of drug-likeness (QED) is 0.209. The van der Waals surface area contributed by atoms with Crippen molar-refractivity contribution in [3.63, 3.8) is 0 Å². The van der Waals surface area contributed by atoms with E-state index < -0.39 is 5.79 Å². The Hall–Kier alpha value is -4.07. The molecule has 5 rings (SSSR count). The monoisotopic (exact) mass is 568 g/mol. The zero-order valence-corrected chi connectivity index (χ0v) is 24.5. The predicted molar refractivity (Wildman–Crippen MR) is 163 cm³/mol. The Labute approximate surface area is 246 Å². The number of carbonyl (C=O) groups excluding carboxylic acids is 2. The Morgan fingerprint density at radius 1 is 0.952 bits per heavy atom. The molecule has 0 bridgehead atoms. The lowest BCUT2D eigenvalue weighted by atomic mass is 9.94. The Kier molecular flexibility index (Phi) is 8.71. The molecular weight excluding hydrogens is 531 g/mol. The summed E-state index contributed by atoms with van der Waals surface area (Å²) in [4.78, 5) is 25.6. The Bertz CT molecular complexity index is 1530. The molecule has 0 radical (unpaired) electrons. The summed E-state index contributed by atoms with van der Waals surface area (Å²) in [6, 6.07) is 25.6. The van der Waals surface area contributed by atoms with Crippen molar-refractivity contribution in [1.82, 2.24) is 4.57 Å². The molecule has 7 heteroatoms. The molecule has 1 saturated heterocycles. The number of ether oxygens (including phenoxy) is 2. The van der Waals surface area contributed by atoms with Gasteiger partial charge in [0.05, 0.1) is 23.5 Å². The van der Waals surface area contributed by atoms with Crippen molar-refractivity contribution in [1.29, 1.82) is 0 Å². The number of aromatic nitrogens is 1. The average Bonchev–Trinajstić information content (AvgIpc) is 3.29. The van der Waals surface area contributed by atoms with Crippen LogP contribution in [-0.2, 0) is 20.8 Å². The SMILES string of the molecule is CC(C)c1c(C(=O)Nc2ccccc2)c(-c2ccccc2)c(-c2ccc(F)cc2)n1C[C@@H]1C[C@H](CC=O)OC(C)(C)O1. The fourth-order valence-corrected chi connectivity index (χ4v) is 5.95. The molecule has 0 saturated carbocycles. The van der Waals surface area contributed by atoms with Gasteiger partial charge in [-0.05, 0) is 67.3 Å². The fraction of sp³-hybridized carbons (Fsp3) is 0.314. The molecule has 3 aromatic carbocycles. The number of halogens is 1. The van der Waals surface area contributed by atoms with Crippen molar-refractivity contribution in [2.45, 2.75) is 71.0 Å². The highest BCUT2D eigenvalue weighted by atomic mass is 19.1.